The SMILES string of the molecule is Cc1cc(-c2noc(C(C)(N)C3CC3)n2)ccc1F. The summed E-state index contributed by atoms with van der Waals surface area (Å²) in [4.78, 5) is 4.36. The van der Waals surface area contributed by atoms with E-state index in [1.807, 2.05) is 6.92 Å². The van der Waals surface area contributed by atoms with Gasteiger partial charge in [-0.05, 0) is 56.4 Å². The standard InChI is InChI=1S/C14H16FN3O/c1-8-7-9(3-6-11(8)15)12-17-13(19-18-12)14(2,16)10-4-5-10/h3,6-7,10H,4-5,16H2,1-2H3. The lowest BCUT2D eigenvalue weighted by atomic mass is 9.97. The third-order valence-corrected chi connectivity index (χ3v) is 3.73. The Morgan fingerprint density at radius 2 is 2.16 bits per heavy atom. The molecule has 0 aliphatic heterocycles. The van der Waals surface area contributed by atoms with Gasteiger partial charge in [0.25, 0.3) is 0 Å². The lowest BCUT2D eigenvalue weighted by Gasteiger charge is -2.18. The number of aryl methyl sites for hydroxylation is 1. The number of benzene rings is 1. The molecule has 0 radical (unpaired) electrons. The Hall–Kier alpha value is -1.75. The van der Waals surface area contributed by atoms with Crippen molar-refractivity contribution in [2.45, 2.75) is 32.2 Å². The molecule has 2 N–H and O–H groups in total. The second-order valence-electron chi connectivity index (χ2n) is 5.44. The van der Waals surface area contributed by atoms with Crippen molar-refractivity contribution in [3.63, 3.8) is 0 Å². The summed E-state index contributed by atoms with van der Waals surface area (Å²) in [6.45, 7) is 3.62. The quantitative estimate of drug-likeness (QED) is 0.922. The van der Waals surface area contributed by atoms with Crippen molar-refractivity contribution in [3.05, 3.63) is 35.5 Å². The second-order valence-corrected chi connectivity index (χ2v) is 5.44. The number of aromatic nitrogens is 2. The van der Waals surface area contributed by atoms with Crippen LogP contribution in [0.4, 0.5) is 4.39 Å². The first-order chi connectivity index (χ1) is 8.98. The number of nitrogens with two attached hydrogens (primary N) is 1. The number of nitrogens with zero attached hydrogens (tertiary/aromatic N) is 2. The molecule has 1 fully saturated rings. The minimum absolute atomic E-state index is 0.242. The highest BCUT2D eigenvalue weighted by Gasteiger charge is 2.43. The Morgan fingerprint density at radius 3 is 2.79 bits per heavy atom. The molecule has 1 aromatic carbocycles. The average Bonchev–Trinajstić information content (AvgIpc) is 3.11. The smallest absolute Gasteiger partial charge is 0.247 e. The lowest BCUT2D eigenvalue weighted by Crippen LogP contribution is -2.35. The maximum absolute atomic E-state index is 13.2. The van der Waals surface area contributed by atoms with Gasteiger partial charge in [0.05, 0.1) is 5.54 Å². The van der Waals surface area contributed by atoms with Gasteiger partial charge < -0.3 is 10.3 Å². The summed E-state index contributed by atoms with van der Waals surface area (Å²) in [5, 5.41) is 3.95. The Balaban J connectivity index is 1.94. The molecule has 3 rings (SSSR count). The van der Waals surface area contributed by atoms with Gasteiger partial charge in [0.1, 0.15) is 5.82 Å². The van der Waals surface area contributed by atoms with Crippen LogP contribution in [-0.2, 0) is 5.54 Å². The third kappa shape index (κ3) is 2.14. The molecule has 0 amide bonds. The second kappa shape index (κ2) is 4.13. The first-order valence-corrected chi connectivity index (χ1v) is 6.38. The van der Waals surface area contributed by atoms with Crippen LogP contribution in [0.5, 0.6) is 0 Å². The number of rotatable bonds is 3. The highest BCUT2D eigenvalue weighted by Crippen LogP contribution is 2.43. The zero-order chi connectivity index (χ0) is 13.6. The van der Waals surface area contributed by atoms with E-state index in [1.54, 1.807) is 19.1 Å². The molecular weight excluding hydrogens is 245 g/mol. The van der Waals surface area contributed by atoms with Gasteiger partial charge in [0.15, 0.2) is 0 Å². The van der Waals surface area contributed by atoms with Crippen molar-refractivity contribution in [2.24, 2.45) is 11.7 Å². The maximum atomic E-state index is 13.2. The van der Waals surface area contributed by atoms with Crippen LogP contribution in [0.2, 0.25) is 0 Å². The highest BCUT2D eigenvalue weighted by molar-refractivity contribution is 5.55. The van der Waals surface area contributed by atoms with Crippen molar-refractivity contribution >= 4 is 0 Å². The number of halogens is 1. The zero-order valence-electron chi connectivity index (χ0n) is 11.0. The Kier molecular flexibility index (Phi) is 2.67. The highest BCUT2D eigenvalue weighted by atomic mass is 19.1. The lowest BCUT2D eigenvalue weighted by molar-refractivity contribution is 0.273. The van der Waals surface area contributed by atoms with Gasteiger partial charge in [-0.3, -0.25) is 0 Å². The van der Waals surface area contributed by atoms with E-state index < -0.39 is 5.54 Å². The number of hydrogen-bond donors (Lipinski definition) is 1. The van der Waals surface area contributed by atoms with Crippen molar-refractivity contribution in [1.82, 2.24) is 10.1 Å². The fraction of sp³-hybridized carbons (Fsp3) is 0.429. The molecule has 100 valence electrons. The van der Waals surface area contributed by atoms with E-state index in [0.717, 1.165) is 18.4 Å². The van der Waals surface area contributed by atoms with E-state index in [9.17, 15) is 4.39 Å². The summed E-state index contributed by atoms with van der Waals surface area (Å²) < 4.78 is 18.5. The van der Waals surface area contributed by atoms with Gasteiger partial charge in [-0.15, -0.1) is 0 Å². The van der Waals surface area contributed by atoms with Crippen LogP contribution in [0.1, 0.15) is 31.2 Å². The molecule has 0 bridgehead atoms. The van der Waals surface area contributed by atoms with Gasteiger partial charge in [0, 0.05) is 5.56 Å². The van der Waals surface area contributed by atoms with Crippen LogP contribution in [-0.4, -0.2) is 10.1 Å². The fourth-order valence-corrected chi connectivity index (χ4v) is 2.20. The van der Waals surface area contributed by atoms with Gasteiger partial charge >= 0.3 is 0 Å². The van der Waals surface area contributed by atoms with Crippen molar-refractivity contribution in [2.75, 3.05) is 0 Å². The molecule has 0 saturated heterocycles. The molecule has 1 saturated carbocycles. The van der Waals surface area contributed by atoms with Gasteiger partial charge in [0.2, 0.25) is 11.7 Å². The predicted molar refractivity (Wildman–Crippen MR) is 68.7 cm³/mol. The average molecular weight is 261 g/mol. The summed E-state index contributed by atoms with van der Waals surface area (Å²) in [5.41, 5.74) is 6.96. The summed E-state index contributed by atoms with van der Waals surface area (Å²) in [7, 11) is 0. The molecule has 1 heterocycles. The molecule has 4 nitrogen and oxygen atoms in total. The van der Waals surface area contributed by atoms with E-state index in [2.05, 4.69) is 10.1 Å². The maximum Gasteiger partial charge on any atom is 0.247 e. The zero-order valence-corrected chi connectivity index (χ0v) is 11.0. The van der Waals surface area contributed by atoms with E-state index in [4.69, 9.17) is 10.3 Å². The molecular formula is C14H16FN3O. The first kappa shape index (κ1) is 12.3. The van der Waals surface area contributed by atoms with Crippen LogP contribution in [0.3, 0.4) is 0 Å². The molecule has 0 spiro atoms. The third-order valence-electron chi connectivity index (χ3n) is 3.73. The first-order valence-electron chi connectivity index (χ1n) is 6.38. The summed E-state index contributed by atoms with van der Waals surface area (Å²) in [6, 6.07) is 4.75. The normalized spacial score (nSPS) is 18.3. The number of hydrogen-bond acceptors (Lipinski definition) is 4. The molecule has 1 aliphatic rings. The van der Waals surface area contributed by atoms with E-state index >= 15 is 0 Å². The largest absolute Gasteiger partial charge is 0.337 e. The van der Waals surface area contributed by atoms with Gasteiger partial charge in [-0.1, -0.05) is 5.16 Å². The molecule has 19 heavy (non-hydrogen) atoms. The summed E-state index contributed by atoms with van der Waals surface area (Å²) in [6.07, 6.45) is 2.20. The molecule has 5 heteroatoms. The summed E-state index contributed by atoms with van der Waals surface area (Å²) in [5.74, 6) is 1.08. The Morgan fingerprint density at radius 1 is 1.42 bits per heavy atom. The molecule has 2 aromatic rings. The van der Waals surface area contributed by atoms with Gasteiger partial charge in [-0.2, -0.15) is 4.98 Å². The predicted octanol–water partition coefficient (Wildman–Crippen LogP) is 2.77. The monoisotopic (exact) mass is 261 g/mol. The van der Waals surface area contributed by atoms with Crippen molar-refractivity contribution in [1.29, 1.82) is 0 Å². The van der Waals surface area contributed by atoms with Crippen LogP contribution < -0.4 is 5.73 Å². The van der Waals surface area contributed by atoms with Crippen LogP contribution in [0.25, 0.3) is 11.4 Å². The van der Waals surface area contributed by atoms with Crippen molar-refractivity contribution in [3.8, 4) is 11.4 Å². The topological polar surface area (TPSA) is 64.9 Å². The summed E-state index contributed by atoms with van der Waals surface area (Å²) >= 11 is 0. The fourth-order valence-electron chi connectivity index (χ4n) is 2.20. The molecule has 1 aromatic heterocycles. The molecule has 1 aliphatic carbocycles. The van der Waals surface area contributed by atoms with Crippen LogP contribution in [0, 0.1) is 18.7 Å². The van der Waals surface area contributed by atoms with E-state index in [0.29, 0.717) is 23.2 Å². The molecule has 1 atom stereocenters. The minimum atomic E-state index is -0.569. The van der Waals surface area contributed by atoms with Gasteiger partial charge in [-0.25, -0.2) is 4.39 Å². The van der Waals surface area contributed by atoms with Crippen molar-refractivity contribution < 1.29 is 8.91 Å². The van der Waals surface area contributed by atoms with Crippen LogP contribution in [0.15, 0.2) is 22.7 Å². The Labute approximate surface area is 110 Å². The van der Waals surface area contributed by atoms with Crippen LogP contribution >= 0.6 is 0 Å². The Bertz CT molecular complexity index is 617. The van der Waals surface area contributed by atoms with E-state index in [-0.39, 0.29) is 5.82 Å². The van der Waals surface area contributed by atoms with E-state index in [1.165, 1.54) is 6.07 Å². The molecule has 1 unspecified atom stereocenters. The minimum Gasteiger partial charge on any atom is -0.337 e.